The van der Waals surface area contributed by atoms with Crippen molar-refractivity contribution in [1.29, 1.82) is 0 Å². The van der Waals surface area contributed by atoms with Gasteiger partial charge in [0, 0.05) is 32.6 Å². The number of hydrogen-bond acceptors (Lipinski definition) is 8. The van der Waals surface area contributed by atoms with E-state index < -0.39 is 0 Å². The molecule has 0 aromatic carbocycles. The molecule has 3 rings (SSSR count). The molecule has 2 aromatic heterocycles. The summed E-state index contributed by atoms with van der Waals surface area (Å²) in [5.41, 5.74) is 5.93. The van der Waals surface area contributed by atoms with E-state index in [1.54, 1.807) is 6.07 Å². The van der Waals surface area contributed by atoms with Crippen LogP contribution in [0.5, 0.6) is 0 Å². The summed E-state index contributed by atoms with van der Waals surface area (Å²) in [5.74, 6) is 3.13. The smallest absolute Gasteiger partial charge is 0.235 e. The van der Waals surface area contributed by atoms with Crippen LogP contribution in [0, 0.1) is 0 Å². The van der Waals surface area contributed by atoms with Gasteiger partial charge in [-0.3, -0.25) is 0 Å². The third kappa shape index (κ3) is 3.10. The topological polar surface area (TPSA) is 97.2 Å². The predicted octanol–water partition coefficient (Wildman–Crippen LogP) is 1.24. The Balaban J connectivity index is 1.77. The molecule has 0 unspecified atom stereocenters. The summed E-state index contributed by atoms with van der Waals surface area (Å²) in [5, 5.41) is 8.00. The van der Waals surface area contributed by atoms with E-state index in [1.165, 1.54) is 12.8 Å². The van der Waals surface area contributed by atoms with Gasteiger partial charge in [-0.25, -0.2) is 0 Å². The minimum atomic E-state index is 0.471. The van der Waals surface area contributed by atoms with E-state index in [4.69, 9.17) is 10.2 Å². The van der Waals surface area contributed by atoms with Crippen LogP contribution in [0.3, 0.4) is 0 Å². The number of nitrogens with zero attached hydrogens (tertiary/aromatic N) is 6. The first-order valence-electron chi connectivity index (χ1n) is 7.57. The van der Waals surface area contributed by atoms with Crippen molar-refractivity contribution in [2.45, 2.75) is 32.7 Å². The molecule has 0 bridgehead atoms. The number of anilines is 3. The molecular weight excluding hydrogens is 282 g/mol. The van der Waals surface area contributed by atoms with E-state index >= 15 is 0 Å². The Bertz CT molecular complexity index is 636. The molecule has 2 aromatic rings. The number of aryl methyl sites for hydroxylation is 1. The van der Waals surface area contributed by atoms with Crippen LogP contribution in [-0.4, -0.2) is 40.3 Å². The van der Waals surface area contributed by atoms with E-state index in [9.17, 15) is 0 Å². The second-order valence-corrected chi connectivity index (χ2v) is 5.44. The third-order valence-electron chi connectivity index (χ3n) is 3.68. The summed E-state index contributed by atoms with van der Waals surface area (Å²) in [7, 11) is 1.92. The summed E-state index contributed by atoms with van der Waals surface area (Å²) in [6.45, 7) is 4.43. The van der Waals surface area contributed by atoms with Crippen LogP contribution in [0.1, 0.15) is 31.5 Å². The average Bonchev–Trinajstić information content (AvgIpc) is 3.18. The Morgan fingerprint density at radius 2 is 1.95 bits per heavy atom. The maximum absolute atomic E-state index is 5.93. The van der Waals surface area contributed by atoms with Crippen molar-refractivity contribution in [3.63, 3.8) is 0 Å². The summed E-state index contributed by atoms with van der Waals surface area (Å²) >= 11 is 0. The lowest BCUT2D eigenvalue weighted by molar-refractivity contribution is 0.452. The lowest BCUT2D eigenvalue weighted by atomic mass is 10.4. The van der Waals surface area contributed by atoms with E-state index in [1.807, 2.05) is 18.9 Å². The molecule has 1 aliphatic rings. The Hall–Kier alpha value is -2.38. The van der Waals surface area contributed by atoms with E-state index in [-0.39, 0.29) is 0 Å². The van der Waals surface area contributed by atoms with Gasteiger partial charge in [0.25, 0.3) is 0 Å². The van der Waals surface area contributed by atoms with Crippen LogP contribution in [0.15, 0.2) is 10.5 Å². The molecule has 1 fully saturated rings. The zero-order valence-electron chi connectivity index (χ0n) is 13.0. The maximum atomic E-state index is 5.93. The zero-order chi connectivity index (χ0) is 15.5. The highest BCUT2D eigenvalue weighted by atomic mass is 16.4. The molecule has 118 valence electrons. The normalized spacial score (nSPS) is 14.5. The first kappa shape index (κ1) is 14.6. The number of hydrogen-bond donors (Lipinski definition) is 1. The van der Waals surface area contributed by atoms with Crippen LogP contribution >= 0.6 is 0 Å². The number of rotatable bonds is 5. The quantitative estimate of drug-likeness (QED) is 0.881. The lowest BCUT2D eigenvalue weighted by Crippen LogP contribution is -2.24. The van der Waals surface area contributed by atoms with Gasteiger partial charge in [0.2, 0.25) is 17.7 Å². The van der Waals surface area contributed by atoms with Crippen LogP contribution in [0.4, 0.5) is 17.6 Å². The van der Waals surface area contributed by atoms with Gasteiger partial charge < -0.3 is 20.0 Å². The Morgan fingerprint density at radius 3 is 2.64 bits per heavy atom. The summed E-state index contributed by atoms with van der Waals surface area (Å²) in [4.78, 5) is 13.0. The van der Waals surface area contributed by atoms with E-state index in [0.29, 0.717) is 30.1 Å². The van der Waals surface area contributed by atoms with Crippen LogP contribution in [-0.2, 0) is 13.0 Å². The molecule has 0 radical (unpaired) electrons. The number of aromatic nitrogens is 4. The fourth-order valence-corrected chi connectivity index (χ4v) is 2.47. The van der Waals surface area contributed by atoms with Gasteiger partial charge in [-0.1, -0.05) is 6.92 Å². The maximum Gasteiger partial charge on any atom is 0.235 e. The van der Waals surface area contributed by atoms with Gasteiger partial charge in [0.05, 0.1) is 6.54 Å². The highest BCUT2D eigenvalue weighted by molar-refractivity contribution is 5.52. The highest BCUT2D eigenvalue weighted by Gasteiger charge is 2.18. The highest BCUT2D eigenvalue weighted by Crippen LogP contribution is 2.22. The molecule has 0 atom stereocenters. The van der Waals surface area contributed by atoms with Crippen molar-refractivity contribution >= 4 is 17.6 Å². The van der Waals surface area contributed by atoms with Crippen molar-refractivity contribution in [2.24, 2.45) is 0 Å². The van der Waals surface area contributed by atoms with Crippen molar-refractivity contribution in [3.8, 4) is 0 Å². The molecule has 0 amide bonds. The molecule has 1 saturated heterocycles. The fraction of sp³-hybridized carbons (Fsp3) is 0.571. The van der Waals surface area contributed by atoms with Crippen molar-refractivity contribution in [1.82, 2.24) is 20.2 Å². The molecule has 3 heterocycles. The first-order valence-corrected chi connectivity index (χ1v) is 7.57. The van der Waals surface area contributed by atoms with E-state index in [2.05, 4.69) is 25.1 Å². The van der Waals surface area contributed by atoms with Crippen molar-refractivity contribution < 1.29 is 4.42 Å². The Labute approximate surface area is 129 Å². The average molecular weight is 303 g/mol. The lowest BCUT2D eigenvalue weighted by Gasteiger charge is -2.20. The molecule has 22 heavy (non-hydrogen) atoms. The third-order valence-corrected chi connectivity index (χ3v) is 3.68. The second-order valence-electron chi connectivity index (χ2n) is 5.44. The summed E-state index contributed by atoms with van der Waals surface area (Å²) in [6.07, 6.45) is 3.08. The standard InChI is InChI=1S/C14H21N7O/c1-3-12-18-19-13(22-12)9-20(2)11-8-10(15)16-14(17-11)21-6-4-5-7-21/h8H,3-7,9H2,1-2H3,(H2,15,16,17). The Kier molecular flexibility index (Phi) is 4.08. The van der Waals surface area contributed by atoms with E-state index in [0.717, 1.165) is 25.3 Å². The molecule has 8 heteroatoms. The second kappa shape index (κ2) is 6.17. The van der Waals surface area contributed by atoms with Crippen LogP contribution < -0.4 is 15.5 Å². The molecule has 1 aliphatic heterocycles. The zero-order valence-corrected chi connectivity index (χ0v) is 13.0. The molecular formula is C14H21N7O. The number of nitrogens with two attached hydrogens (primary N) is 1. The fourth-order valence-electron chi connectivity index (χ4n) is 2.47. The first-order chi connectivity index (χ1) is 10.7. The minimum absolute atomic E-state index is 0.471. The van der Waals surface area contributed by atoms with Crippen molar-refractivity contribution in [3.05, 3.63) is 17.8 Å². The van der Waals surface area contributed by atoms with Gasteiger partial charge >= 0.3 is 0 Å². The van der Waals surface area contributed by atoms with Crippen LogP contribution in [0.25, 0.3) is 0 Å². The molecule has 8 nitrogen and oxygen atoms in total. The monoisotopic (exact) mass is 303 g/mol. The van der Waals surface area contributed by atoms with Crippen molar-refractivity contribution in [2.75, 3.05) is 35.7 Å². The van der Waals surface area contributed by atoms with Crippen LogP contribution in [0.2, 0.25) is 0 Å². The SMILES string of the molecule is CCc1nnc(CN(C)c2cc(N)nc(N3CCCC3)n2)o1. The predicted molar refractivity (Wildman–Crippen MR) is 83.7 cm³/mol. The van der Waals surface area contributed by atoms with Gasteiger partial charge in [-0.05, 0) is 12.8 Å². The molecule has 0 saturated carbocycles. The van der Waals surface area contributed by atoms with Gasteiger partial charge in [-0.2, -0.15) is 9.97 Å². The molecule has 0 aliphatic carbocycles. The van der Waals surface area contributed by atoms with Gasteiger partial charge in [0.15, 0.2) is 0 Å². The number of nitrogen functional groups attached to an aromatic ring is 1. The van der Waals surface area contributed by atoms with Gasteiger partial charge in [-0.15, -0.1) is 10.2 Å². The largest absolute Gasteiger partial charge is 0.423 e. The molecule has 2 N–H and O–H groups in total. The van der Waals surface area contributed by atoms with Gasteiger partial charge in [0.1, 0.15) is 11.6 Å². The Morgan fingerprint density at radius 1 is 1.23 bits per heavy atom. The summed E-state index contributed by atoms with van der Waals surface area (Å²) < 4.78 is 5.54. The minimum Gasteiger partial charge on any atom is -0.423 e. The molecule has 0 spiro atoms. The summed E-state index contributed by atoms with van der Waals surface area (Å²) in [6, 6.07) is 1.76.